The summed E-state index contributed by atoms with van der Waals surface area (Å²) in [6.07, 6.45) is 3.61. The van der Waals surface area contributed by atoms with Crippen LogP contribution in [0.15, 0.2) is 24.3 Å². The van der Waals surface area contributed by atoms with E-state index in [4.69, 9.17) is 4.74 Å². The number of carbonyl (C=O) groups excluding carboxylic acids is 2. The van der Waals surface area contributed by atoms with Crippen molar-refractivity contribution in [3.63, 3.8) is 0 Å². The molecule has 1 saturated carbocycles. The Morgan fingerprint density at radius 1 is 1.23 bits per heavy atom. The molecule has 1 atom stereocenters. The molecule has 142 valence electrons. The summed E-state index contributed by atoms with van der Waals surface area (Å²) in [4.78, 5) is 29.1. The van der Waals surface area contributed by atoms with Gasteiger partial charge < -0.3 is 15.0 Å². The van der Waals surface area contributed by atoms with Crippen LogP contribution in [0.3, 0.4) is 0 Å². The normalized spacial score (nSPS) is 19.7. The van der Waals surface area contributed by atoms with E-state index < -0.39 is 5.41 Å². The van der Waals surface area contributed by atoms with Gasteiger partial charge in [-0.05, 0) is 44.8 Å². The topological polar surface area (TPSA) is 61.9 Å². The number of rotatable bonds is 7. The first kappa shape index (κ1) is 18.7. The van der Waals surface area contributed by atoms with Crippen molar-refractivity contribution in [1.82, 2.24) is 15.1 Å². The molecule has 1 heterocycles. The van der Waals surface area contributed by atoms with Gasteiger partial charge in [0.1, 0.15) is 11.2 Å². The van der Waals surface area contributed by atoms with Crippen LogP contribution < -0.4 is 10.1 Å². The minimum atomic E-state index is -0.847. The van der Waals surface area contributed by atoms with E-state index in [1.165, 1.54) is 17.7 Å². The van der Waals surface area contributed by atoms with Gasteiger partial charge in [0.15, 0.2) is 0 Å². The number of methoxy groups -OCH3 is 1. The molecule has 1 N–H and O–H groups in total. The zero-order valence-corrected chi connectivity index (χ0v) is 16.0. The van der Waals surface area contributed by atoms with E-state index in [1.54, 1.807) is 21.2 Å². The molecule has 0 unspecified atom stereocenters. The number of ether oxygens (including phenoxy) is 1. The van der Waals surface area contributed by atoms with Gasteiger partial charge in [0.2, 0.25) is 11.8 Å². The number of amides is 2. The minimum Gasteiger partial charge on any atom is -0.496 e. The van der Waals surface area contributed by atoms with Crippen LogP contribution in [0.1, 0.15) is 37.3 Å². The molecule has 6 heteroatoms. The number of benzene rings is 1. The SMILES string of the molecule is COc1ccccc1[C@@H](CNC(=O)C1(C(=O)N(C)C)CC1)N1CCCC1. The predicted octanol–water partition coefficient (Wildman–Crippen LogP) is 1.82. The van der Waals surface area contributed by atoms with Gasteiger partial charge in [-0.1, -0.05) is 18.2 Å². The summed E-state index contributed by atoms with van der Waals surface area (Å²) in [5.74, 6) is 0.601. The van der Waals surface area contributed by atoms with E-state index in [9.17, 15) is 9.59 Å². The molecule has 0 aromatic heterocycles. The van der Waals surface area contributed by atoms with E-state index in [0.717, 1.165) is 24.4 Å². The Labute approximate surface area is 155 Å². The molecule has 1 aliphatic heterocycles. The monoisotopic (exact) mass is 359 g/mol. The summed E-state index contributed by atoms with van der Waals surface area (Å²) < 4.78 is 5.54. The van der Waals surface area contributed by atoms with Gasteiger partial charge in [-0.15, -0.1) is 0 Å². The number of hydrogen-bond donors (Lipinski definition) is 1. The van der Waals surface area contributed by atoms with Crippen molar-refractivity contribution in [2.45, 2.75) is 31.7 Å². The molecule has 2 aliphatic rings. The van der Waals surface area contributed by atoms with E-state index in [2.05, 4.69) is 16.3 Å². The quantitative estimate of drug-likeness (QED) is 0.755. The van der Waals surface area contributed by atoms with Crippen molar-refractivity contribution in [3.05, 3.63) is 29.8 Å². The summed E-state index contributed by atoms with van der Waals surface area (Å²) in [5.41, 5.74) is 0.237. The van der Waals surface area contributed by atoms with Crippen molar-refractivity contribution in [1.29, 1.82) is 0 Å². The third-order valence-corrected chi connectivity index (χ3v) is 5.54. The Kier molecular flexibility index (Phi) is 5.51. The van der Waals surface area contributed by atoms with Crippen LogP contribution in [0.5, 0.6) is 5.75 Å². The largest absolute Gasteiger partial charge is 0.496 e. The average molecular weight is 359 g/mol. The molecule has 3 rings (SSSR count). The highest BCUT2D eigenvalue weighted by atomic mass is 16.5. The van der Waals surface area contributed by atoms with Crippen molar-refractivity contribution in [3.8, 4) is 5.75 Å². The van der Waals surface area contributed by atoms with E-state index in [-0.39, 0.29) is 17.9 Å². The highest BCUT2D eigenvalue weighted by molar-refractivity contribution is 6.07. The Morgan fingerprint density at radius 2 is 1.88 bits per heavy atom. The molecule has 1 aromatic rings. The smallest absolute Gasteiger partial charge is 0.237 e. The van der Waals surface area contributed by atoms with E-state index in [1.807, 2.05) is 18.2 Å². The second-order valence-corrected chi connectivity index (χ2v) is 7.49. The second kappa shape index (κ2) is 7.66. The van der Waals surface area contributed by atoms with Gasteiger partial charge in [-0.2, -0.15) is 0 Å². The highest BCUT2D eigenvalue weighted by Gasteiger charge is 2.57. The molecule has 6 nitrogen and oxygen atoms in total. The minimum absolute atomic E-state index is 0.0582. The van der Waals surface area contributed by atoms with Crippen LogP contribution in [0, 0.1) is 5.41 Å². The number of nitrogens with one attached hydrogen (secondary N) is 1. The highest BCUT2D eigenvalue weighted by Crippen LogP contribution is 2.47. The molecule has 1 aromatic carbocycles. The van der Waals surface area contributed by atoms with Crippen LogP contribution in [-0.2, 0) is 9.59 Å². The number of carbonyl (C=O) groups is 2. The number of hydrogen-bond acceptors (Lipinski definition) is 4. The average Bonchev–Trinajstić information content (AvgIpc) is 3.29. The second-order valence-electron chi connectivity index (χ2n) is 7.49. The summed E-state index contributed by atoms with van der Waals surface area (Å²) in [6, 6.07) is 8.03. The van der Waals surface area contributed by atoms with Crippen LogP contribution in [0.25, 0.3) is 0 Å². The maximum Gasteiger partial charge on any atom is 0.237 e. The number of para-hydroxylation sites is 1. The third kappa shape index (κ3) is 3.56. The maximum atomic E-state index is 12.8. The molecule has 0 radical (unpaired) electrons. The fourth-order valence-electron chi connectivity index (χ4n) is 3.88. The molecule has 2 amide bonds. The first-order valence-electron chi connectivity index (χ1n) is 9.36. The fourth-order valence-corrected chi connectivity index (χ4v) is 3.88. The van der Waals surface area contributed by atoms with E-state index >= 15 is 0 Å². The predicted molar refractivity (Wildman–Crippen MR) is 99.9 cm³/mol. The molecule has 1 saturated heterocycles. The lowest BCUT2D eigenvalue weighted by molar-refractivity contribution is -0.142. The van der Waals surface area contributed by atoms with Gasteiger partial charge in [0.05, 0.1) is 13.2 Å². The first-order valence-corrected chi connectivity index (χ1v) is 9.36. The van der Waals surface area contributed by atoms with Crippen LogP contribution >= 0.6 is 0 Å². The summed E-state index contributed by atoms with van der Waals surface area (Å²) >= 11 is 0. The summed E-state index contributed by atoms with van der Waals surface area (Å²) in [7, 11) is 5.09. The van der Waals surface area contributed by atoms with Crippen molar-refractivity contribution in [2.24, 2.45) is 5.41 Å². The molecular weight excluding hydrogens is 330 g/mol. The zero-order valence-electron chi connectivity index (χ0n) is 16.0. The Hall–Kier alpha value is -2.08. The van der Waals surface area contributed by atoms with Crippen LogP contribution in [0.4, 0.5) is 0 Å². The number of likely N-dealkylation sites (tertiary alicyclic amines) is 1. The standard InChI is InChI=1S/C20H29N3O3/c1-22(2)19(25)20(10-11-20)18(24)21-14-16(23-12-6-7-13-23)15-8-4-5-9-17(15)26-3/h4-5,8-9,16H,6-7,10-14H2,1-3H3,(H,21,24)/t16-/m1/s1. The zero-order chi connectivity index (χ0) is 18.7. The molecule has 0 spiro atoms. The molecule has 2 fully saturated rings. The van der Waals surface area contributed by atoms with Gasteiger partial charge in [0, 0.05) is 26.2 Å². The van der Waals surface area contributed by atoms with Gasteiger partial charge >= 0.3 is 0 Å². The lowest BCUT2D eigenvalue weighted by atomic mass is 10.0. The molecule has 0 bridgehead atoms. The number of nitrogens with zero attached hydrogens (tertiary/aromatic N) is 2. The van der Waals surface area contributed by atoms with Crippen molar-refractivity contribution in [2.75, 3.05) is 40.8 Å². The summed E-state index contributed by atoms with van der Waals surface area (Å²) in [6.45, 7) is 2.52. The fraction of sp³-hybridized carbons (Fsp3) is 0.600. The Balaban J connectivity index is 1.75. The van der Waals surface area contributed by atoms with Crippen molar-refractivity contribution >= 4 is 11.8 Å². The van der Waals surface area contributed by atoms with Crippen LogP contribution in [-0.4, -0.2) is 62.5 Å². The maximum absolute atomic E-state index is 12.8. The first-order chi connectivity index (χ1) is 12.5. The Bertz CT molecular complexity index is 664. The van der Waals surface area contributed by atoms with Crippen LogP contribution in [0.2, 0.25) is 0 Å². The third-order valence-electron chi connectivity index (χ3n) is 5.54. The molecule has 1 aliphatic carbocycles. The molecular formula is C20H29N3O3. The van der Waals surface area contributed by atoms with Gasteiger partial charge in [-0.25, -0.2) is 0 Å². The summed E-state index contributed by atoms with van der Waals surface area (Å²) in [5, 5.41) is 3.06. The Morgan fingerprint density at radius 3 is 2.46 bits per heavy atom. The van der Waals surface area contributed by atoms with Crippen molar-refractivity contribution < 1.29 is 14.3 Å². The molecule has 26 heavy (non-hydrogen) atoms. The van der Waals surface area contributed by atoms with Gasteiger partial charge in [-0.3, -0.25) is 14.5 Å². The van der Waals surface area contributed by atoms with Gasteiger partial charge in [0.25, 0.3) is 0 Å². The lowest BCUT2D eigenvalue weighted by Gasteiger charge is -2.30. The van der Waals surface area contributed by atoms with E-state index in [0.29, 0.717) is 19.4 Å². The lowest BCUT2D eigenvalue weighted by Crippen LogP contribution is -2.45.